The second kappa shape index (κ2) is 8.78. The second-order valence-electron chi connectivity index (χ2n) is 9.53. The summed E-state index contributed by atoms with van der Waals surface area (Å²) in [6.45, 7) is 5.76. The predicted octanol–water partition coefficient (Wildman–Crippen LogP) is 4.92. The van der Waals surface area contributed by atoms with Crippen LogP contribution in [0.5, 0.6) is 5.75 Å². The second-order valence-corrected chi connectivity index (χ2v) is 9.53. The van der Waals surface area contributed by atoms with Crippen LogP contribution in [0.2, 0.25) is 0 Å². The van der Waals surface area contributed by atoms with Crippen LogP contribution in [0.15, 0.2) is 43.0 Å². The SMILES string of the molecule is Cc1c(-c2cc(O[C@H](C)c3ccc(F)cn3)c3c(C#N)cnn3c2)cnn1C1CCC(C)(O)CC1. The van der Waals surface area contributed by atoms with Crippen molar-refractivity contribution in [2.75, 3.05) is 0 Å². The number of ether oxygens (including phenoxy) is 1. The van der Waals surface area contributed by atoms with E-state index in [9.17, 15) is 14.8 Å². The monoisotopic (exact) mass is 474 g/mol. The molecule has 4 aromatic rings. The van der Waals surface area contributed by atoms with Crippen molar-refractivity contribution in [2.24, 2.45) is 0 Å². The van der Waals surface area contributed by atoms with E-state index in [1.807, 2.05) is 43.9 Å². The summed E-state index contributed by atoms with van der Waals surface area (Å²) in [5.74, 6) is 0.0676. The lowest BCUT2D eigenvalue weighted by Crippen LogP contribution is -2.31. The van der Waals surface area contributed by atoms with Gasteiger partial charge in [0.15, 0.2) is 0 Å². The van der Waals surface area contributed by atoms with Gasteiger partial charge in [0.05, 0.1) is 35.9 Å². The fraction of sp³-hybridized carbons (Fsp3) is 0.385. The molecule has 4 heterocycles. The molecule has 1 N–H and O–H groups in total. The number of nitriles is 1. The molecule has 0 radical (unpaired) electrons. The van der Waals surface area contributed by atoms with Crippen LogP contribution in [-0.4, -0.2) is 35.1 Å². The molecule has 0 aromatic carbocycles. The lowest BCUT2D eigenvalue weighted by molar-refractivity contribution is 0.00826. The first-order valence-electron chi connectivity index (χ1n) is 11.7. The minimum Gasteiger partial charge on any atom is -0.482 e. The Bertz CT molecular complexity index is 1410. The third kappa shape index (κ3) is 4.37. The number of nitrogens with zero attached hydrogens (tertiary/aromatic N) is 6. The molecule has 5 rings (SSSR count). The molecule has 0 bridgehead atoms. The smallest absolute Gasteiger partial charge is 0.148 e. The number of hydrogen-bond acceptors (Lipinski definition) is 6. The molecule has 0 aliphatic heterocycles. The van der Waals surface area contributed by atoms with Gasteiger partial charge in [-0.25, -0.2) is 8.91 Å². The van der Waals surface area contributed by atoms with Crippen LogP contribution < -0.4 is 4.74 Å². The highest BCUT2D eigenvalue weighted by Gasteiger charge is 2.31. The van der Waals surface area contributed by atoms with Crippen molar-refractivity contribution in [3.8, 4) is 22.9 Å². The van der Waals surface area contributed by atoms with Gasteiger partial charge >= 0.3 is 0 Å². The van der Waals surface area contributed by atoms with E-state index < -0.39 is 17.5 Å². The Morgan fingerprint density at radius 3 is 2.69 bits per heavy atom. The molecule has 8 nitrogen and oxygen atoms in total. The van der Waals surface area contributed by atoms with Gasteiger partial charge in [-0.05, 0) is 64.7 Å². The average molecular weight is 475 g/mol. The summed E-state index contributed by atoms with van der Waals surface area (Å²) in [4.78, 5) is 4.13. The number of fused-ring (bicyclic) bond motifs is 1. The average Bonchev–Trinajstić information content (AvgIpc) is 3.43. The Morgan fingerprint density at radius 2 is 2.00 bits per heavy atom. The first kappa shape index (κ1) is 23.0. The molecule has 1 atom stereocenters. The standard InChI is InChI=1S/C26H27FN6O2/c1-16-22(14-31-33(16)21-6-8-26(3,34)9-7-21)18-10-24(25-19(11-28)12-30-32(25)15-18)35-17(2)23-5-4-20(27)13-29-23/h4-5,10,12-15,17,21,34H,6-9H2,1-3H3/t17-,21?,26?/m1/s1. The lowest BCUT2D eigenvalue weighted by atomic mass is 9.83. The molecule has 4 aromatic heterocycles. The van der Waals surface area contributed by atoms with Crippen molar-refractivity contribution < 1.29 is 14.2 Å². The van der Waals surface area contributed by atoms with Crippen LogP contribution in [0.3, 0.4) is 0 Å². The fourth-order valence-corrected chi connectivity index (χ4v) is 4.83. The summed E-state index contributed by atoms with van der Waals surface area (Å²) in [7, 11) is 0. The highest BCUT2D eigenvalue weighted by atomic mass is 19.1. The molecule has 0 amide bonds. The maximum absolute atomic E-state index is 13.3. The Kier molecular flexibility index (Phi) is 5.77. The minimum atomic E-state index is -0.605. The zero-order chi connectivity index (χ0) is 24.7. The van der Waals surface area contributed by atoms with Gasteiger partial charge in [-0.15, -0.1) is 0 Å². The first-order chi connectivity index (χ1) is 16.8. The van der Waals surface area contributed by atoms with E-state index in [1.54, 1.807) is 10.6 Å². The number of aromatic nitrogens is 5. The van der Waals surface area contributed by atoms with Crippen molar-refractivity contribution in [1.82, 2.24) is 24.4 Å². The summed E-state index contributed by atoms with van der Waals surface area (Å²) in [6, 6.07) is 7.22. The third-order valence-corrected chi connectivity index (χ3v) is 6.90. The van der Waals surface area contributed by atoms with Crippen LogP contribution in [0, 0.1) is 24.1 Å². The Hall–Kier alpha value is -3.77. The van der Waals surface area contributed by atoms with Gasteiger partial charge in [0.25, 0.3) is 0 Å². The van der Waals surface area contributed by atoms with Crippen molar-refractivity contribution in [3.05, 3.63) is 65.8 Å². The van der Waals surface area contributed by atoms with Crippen molar-refractivity contribution in [2.45, 2.75) is 64.2 Å². The third-order valence-electron chi connectivity index (χ3n) is 6.90. The Balaban J connectivity index is 1.52. The zero-order valence-corrected chi connectivity index (χ0v) is 19.9. The summed E-state index contributed by atoms with van der Waals surface area (Å²) in [6.07, 6.45) is 9.13. The summed E-state index contributed by atoms with van der Waals surface area (Å²) in [5, 5.41) is 29.0. The predicted molar refractivity (Wildman–Crippen MR) is 127 cm³/mol. The number of aliphatic hydroxyl groups is 1. The molecule has 0 unspecified atom stereocenters. The van der Waals surface area contributed by atoms with Crippen LogP contribution in [0.4, 0.5) is 4.39 Å². The largest absolute Gasteiger partial charge is 0.482 e. The maximum atomic E-state index is 13.3. The van der Waals surface area contributed by atoms with E-state index in [0.717, 1.165) is 48.7 Å². The van der Waals surface area contributed by atoms with E-state index >= 15 is 0 Å². The first-order valence-corrected chi connectivity index (χ1v) is 11.7. The summed E-state index contributed by atoms with van der Waals surface area (Å²) >= 11 is 0. The summed E-state index contributed by atoms with van der Waals surface area (Å²) < 4.78 is 23.3. The van der Waals surface area contributed by atoms with Gasteiger partial charge in [0.2, 0.25) is 0 Å². The van der Waals surface area contributed by atoms with E-state index in [1.165, 1.54) is 12.3 Å². The Labute approximate surface area is 202 Å². The van der Waals surface area contributed by atoms with Crippen LogP contribution in [-0.2, 0) is 0 Å². The molecule has 1 saturated carbocycles. The molecule has 35 heavy (non-hydrogen) atoms. The normalized spacial score (nSPS) is 21.1. The van der Waals surface area contributed by atoms with Crippen LogP contribution in [0.25, 0.3) is 16.6 Å². The van der Waals surface area contributed by atoms with Gasteiger partial charge in [-0.1, -0.05) is 0 Å². The molecular formula is C26H27FN6O2. The van der Waals surface area contributed by atoms with Gasteiger partial charge in [-0.2, -0.15) is 15.5 Å². The lowest BCUT2D eigenvalue weighted by Gasteiger charge is -2.33. The molecule has 0 saturated heterocycles. The van der Waals surface area contributed by atoms with E-state index in [2.05, 4.69) is 21.3 Å². The van der Waals surface area contributed by atoms with Crippen molar-refractivity contribution >= 4 is 5.52 Å². The highest BCUT2D eigenvalue weighted by Crippen LogP contribution is 2.38. The van der Waals surface area contributed by atoms with Crippen LogP contribution >= 0.6 is 0 Å². The fourth-order valence-electron chi connectivity index (χ4n) is 4.83. The minimum absolute atomic E-state index is 0.239. The molecule has 0 spiro atoms. The van der Waals surface area contributed by atoms with Crippen molar-refractivity contribution in [1.29, 1.82) is 5.26 Å². The van der Waals surface area contributed by atoms with Crippen LogP contribution in [0.1, 0.15) is 68.6 Å². The molecule has 1 aliphatic carbocycles. The molecular weight excluding hydrogens is 447 g/mol. The van der Waals surface area contributed by atoms with E-state index in [0.29, 0.717) is 22.5 Å². The van der Waals surface area contributed by atoms with Gasteiger partial charge < -0.3 is 9.84 Å². The van der Waals surface area contributed by atoms with E-state index in [4.69, 9.17) is 4.74 Å². The molecule has 180 valence electrons. The van der Waals surface area contributed by atoms with Gasteiger partial charge in [0.1, 0.15) is 34.8 Å². The number of hydrogen-bond donors (Lipinski definition) is 1. The highest BCUT2D eigenvalue weighted by molar-refractivity contribution is 5.76. The Morgan fingerprint density at radius 1 is 1.23 bits per heavy atom. The van der Waals surface area contributed by atoms with Gasteiger partial charge in [-0.3, -0.25) is 9.67 Å². The maximum Gasteiger partial charge on any atom is 0.148 e. The molecule has 1 fully saturated rings. The summed E-state index contributed by atoms with van der Waals surface area (Å²) in [5.41, 5.74) is 3.73. The zero-order valence-electron chi connectivity index (χ0n) is 19.9. The number of halogens is 1. The number of pyridine rings is 2. The topological polar surface area (TPSA) is 101 Å². The number of rotatable bonds is 5. The van der Waals surface area contributed by atoms with Crippen molar-refractivity contribution in [3.63, 3.8) is 0 Å². The van der Waals surface area contributed by atoms with Gasteiger partial charge in [0, 0.05) is 23.0 Å². The molecule has 9 heteroatoms. The molecule has 1 aliphatic rings. The quantitative estimate of drug-likeness (QED) is 0.441. The van der Waals surface area contributed by atoms with E-state index in [-0.39, 0.29) is 6.04 Å².